The van der Waals surface area contributed by atoms with Crippen LogP contribution in [0.4, 0.5) is 17.1 Å². The largest absolute Gasteiger partial charge is 0.325 e. The molecule has 2 aromatic carbocycles. The van der Waals surface area contributed by atoms with Crippen molar-refractivity contribution in [3.63, 3.8) is 0 Å². The average Bonchev–Trinajstić information content (AvgIpc) is 2.65. The van der Waals surface area contributed by atoms with Gasteiger partial charge in [-0.3, -0.25) is 24.6 Å². The quantitative estimate of drug-likeness (QED) is 0.564. The Morgan fingerprint density at radius 3 is 2.39 bits per heavy atom. The van der Waals surface area contributed by atoms with E-state index in [0.717, 1.165) is 16.8 Å². The molecule has 2 N–H and O–H groups in total. The van der Waals surface area contributed by atoms with Gasteiger partial charge in [0.1, 0.15) is 5.69 Å². The summed E-state index contributed by atoms with van der Waals surface area (Å²) >= 11 is 0. The van der Waals surface area contributed by atoms with Crippen molar-refractivity contribution < 1.29 is 14.5 Å². The number of nitro groups is 1. The van der Waals surface area contributed by atoms with Crippen LogP contribution in [-0.2, 0) is 9.59 Å². The first-order valence-corrected chi connectivity index (χ1v) is 8.81. The van der Waals surface area contributed by atoms with Crippen LogP contribution in [0.25, 0.3) is 0 Å². The Morgan fingerprint density at radius 2 is 1.71 bits per heavy atom. The summed E-state index contributed by atoms with van der Waals surface area (Å²) in [5, 5.41) is 16.5. The van der Waals surface area contributed by atoms with E-state index in [1.54, 1.807) is 24.9 Å². The molecule has 0 saturated heterocycles. The third kappa shape index (κ3) is 5.14. The average molecular weight is 384 g/mol. The molecule has 0 aromatic heterocycles. The van der Waals surface area contributed by atoms with Gasteiger partial charge < -0.3 is 10.6 Å². The molecule has 1 atom stereocenters. The van der Waals surface area contributed by atoms with Crippen molar-refractivity contribution in [3.05, 3.63) is 63.7 Å². The molecule has 0 saturated carbocycles. The third-order valence-corrected chi connectivity index (χ3v) is 4.67. The first-order chi connectivity index (χ1) is 13.2. The molecule has 0 aliphatic carbocycles. The number of benzene rings is 2. The molecule has 0 unspecified atom stereocenters. The molecule has 2 amide bonds. The number of carbonyl (C=O) groups excluding carboxylic acids is 2. The van der Waals surface area contributed by atoms with Gasteiger partial charge in [-0.25, -0.2) is 0 Å². The Morgan fingerprint density at radius 1 is 1.07 bits per heavy atom. The summed E-state index contributed by atoms with van der Waals surface area (Å²) in [6, 6.07) is 10.9. The van der Waals surface area contributed by atoms with Crippen LogP contribution >= 0.6 is 0 Å². The summed E-state index contributed by atoms with van der Waals surface area (Å²) in [6.45, 7) is 5.53. The van der Waals surface area contributed by atoms with Gasteiger partial charge in [-0.15, -0.1) is 0 Å². The van der Waals surface area contributed by atoms with Crippen LogP contribution in [0, 0.1) is 24.0 Å². The highest BCUT2D eigenvalue weighted by molar-refractivity contribution is 5.97. The zero-order chi connectivity index (χ0) is 20.8. The number of amides is 2. The second-order valence-corrected chi connectivity index (χ2v) is 6.65. The molecule has 0 radical (unpaired) electrons. The standard InChI is InChI=1S/C20H24N4O4/c1-13-8-7-10-16(14(13)2)21-19(25)12-23(4)15(3)20(26)22-17-9-5-6-11-18(17)24(27)28/h5-11,15H,12H2,1-4H3,(H,21,25)(H,22,26)/t15-/m0/s1. The molecular formula is C20H24N4O4. The van der Waals surface area contributed by atoms with E-state index in [1.807, 2.05) is 32.0 Å². The number of likely N-dealkylation sites (N-methyl/N-ethyl adjacent to an activating group) is 1. The van der Waals surface area contributed by atoms with E-state index >= 15 is 0 Å². The van der Waals surface area contributed by atoms with E-state index < -0.39 is 16.9 Å². The lowest BCUT2D eigenvalue weighted by molar-refractivity contribution is -0.383. The van der Waals surface area contributed by atoms with Crippen molar-refractivity contribution in [2.45, 2.75) is 26.8 Å². The maximum atomic E-state index is 12.5. The molecule has 0 fully saturated rings. The minimum Gasteiger partial charge on any atom is -0.325 e. The van der Waals surface area contributed by atoms with E-state index in [4.69, 9.17) is 0 Å². The van der Waals surface area contributed by atoms with Gasteiger partial charge in [0.15, 0.2) is 0 Å². The first kappa shape index (κ1) is 21.0. The summed E-state index contributed by atoms with van der Waals surface area (Å²) in [4.78, 5) is 36.9. The monoisotopic (exact) mass is 384 g/mol. The second kappa shape index (κ2) is 9.09. The smallest absolute Gasteiger partial charge is 0.292 e. The summed E-state index contributed by atoms with van der Waals surface area (Å²) in [7, 11) is 1.65. The van der Waals surface area contributed by atoms with Gasteiger partial charge in [0.05, 0.1) is 17.5 Å². The van der Waals surface area contributed by atoms with Gasteiger partial charge in [-0.2, -0.15) is 0 Å². The molecule has 0 aliphatic rings. The van der Waals surface area contributed by atoms with E-state index in [0.29, 0.717) is 0 Å². The topological polar surface area (TPSA) is 105 Å². The maximum absolute atomic E-state index is 12.5. The lowest BCUT2D eigenvalue weighted by Gasteiger charge is -2.23. The number of nitro benzene ring substituents is 1. The number of aryl methyl sites for hydroxylation is 1. The molecule has 0 aliphatic heterocycles. The van der Waals surface area contributed by atoms with Crippen LogP contribution in [0.5, 0.6) is 0 Å². The molecule has 0 heterocycles. The van der Waals surface area contributed by atoms with Gasteiger partial charge in [-0.1, -0.05) is 24.3 Å². The molecule has 0 spiro atoms. The molecule has 2 rings (SSSR count). The van der Waals surface area contributed by atoms with Crippen LogP contribution in [0.2, 0.25) is 0 Å². The predicted molar refractivity (Wildman–Crippen MR) is 108 cm³/mol. The maximum Gasteiger partial charge on any atom is 0.292 e. The molecule has 2 aromatic rings. The van der Waals surface area contributed by atoms with Gasteiger partial charge in [0, 0.05) is 11.8 Å². The van der Waals surface area contributed by atoms with Crippen LogP contribution < -0.4 is 10.6 Å². The zero-order valence-corrected chi connectivity index (χ0v) is 16.4. The summed E-state index contributed by atoms with van der Waals surface area (Å²) < 4.78 is 0. The minimum absolute atomic E-state index is 0.00114. The fourth-order valence-electron chi connectivity index (χ4n) is 2.62. The highest BCUT2D eigenvalue weighted by Crippen LogP contribution is 2.23. The number of hydrogen-bond donors (Lipinski definition) is 2. The molecule has 0 bridgehead atoms. The summed E-state index contributed by atoms with van der Waals surface area (Å²) in [5.41, 5.74) is 2.73. The van der Waals surface area contributed by atoms with E-state index in [9.17, 15) is 19.7 Å². The number of nitrogens with one attached hydrogen (secondary N) is 2. The molecule has 148 valence electrons. The fourth-order valence-corrected chi connectivity index (χ4v) is 2.62. The van der Waals surface area contributed by atoms with E-state index in [-0.39, 0.29) is 23.8 Å². The number of anilines is 2. The van der Waals surface area contributed by atoms with Crippen molar-refractivity contribution in [2.75, 3.05) is 24.2 Å². The Balaban J connectivity index is 1.99. The van der Waals surface area contributed by atoms with E-state index in [1.165, 1.54) is 18.2 Å². The van der Waals surface area contributed by atoms with Crippen molar-refractivity contribution in [2.24, 2.45) is 0 Å². The van der Waals surface area contributed by atoms with Crippen molar-refractivity contribution >= 4 is 28.9 Å². The van der Waals surface area contributed by atoms with Gasteiger partial charge in [-0.05, 0) is 51.1 Å². The third-order valence-electron chi connectivity index (χ3n) is 4.67. The van der Waals surface area contributed by atoms with Gasteiger partial charge in [0.25, 0.3) is 5.69 Å². The Kier molecular flexibility index (Phi) is 6.84. The van der Waals surface area contributed by atoms with Crippen LogP contribution in [0.15, 0.2) is 42.5 Å². The second-order valence-electron chi connectivity index (χ2n) is 6.65. The number of carbonyl (C=O) groups is 2. The highest BCUT2D eigenvalue weighted by atomic mass is 16.6. The highest BCUT2D eigenvalue weighted by Gasteiger charge is 2.23. The zero-order valence-electron chi connectivity index (χ0n) is 16.4. The first-order valence-electron chi connectivity index (χ1n) is 8.81. The SMILES string of the molecule is Cc1cccc(NC(=O)CN(C)[C@@H](C)C(=O)Nc2ccccc2[N+](=O)[O-])c1C. The number of rotatable bonds is 7. The molecule has 8 nitrogen and oxygen atoms in total. The van der Waals surface area contributed by atoms with Crippen LogP contribution in [0.1, 0.15) is 18.1 Å². The fraction of sp³-hybridized carbons (Fsp3) is 0.300. The van der Waals surface area contributed by atoms with E-state index in [2.05, 4.69) is 10.6 Å². The van der Waals surface area contributed by atoms with Crippen molar-refractivity contribution in [3.8, 4) is 0 Å². The summed E-state index contributed by atoms with van der Waals surface area (Å²) in [5.74, 6) is -0.683. The van der Waals surface area contributed by atoms with Crippen LogP contribution in [-0.4, -0.2) is 41.3 Å². The Bertz CT molecular complexity index is 898. The number of hydrogen-bond acceptors (Lipinski definition) is 5. The molecule has 28 heavy (non-hydrogen) atoms. The molecule has 8 heteroatoms. The molecular weight excluding hydrogens is 360 g/mol. The lowest BCUT2D eigenvalue weighted by Crippen LogP contribution is -2.43. The minimum atomic E-state index is -0.663. The normalized spacial score (nSPS) is 11.8. The predicted octanol–water partition coefficient (Wildman–Crippen LogP) is 3.11. The Labute approximate surface area is 163 Å². The van der Waals surface area contributed by atoms with Gasteiger partial charge in [0.2, 0.25) is 11.8 Å². The summed E-state index contributed by atoms with van der Waals surface area (Å²) in [6.07, 6.45) is 0. The van der Waals surface area contributed by atoms with Crippen molar-refractivity contribution in [1.29, 1.82) is 0 Å². The van der Waals surface area contributed by atoms with Crippen LogP contribution in [0.3, 0.4) is 0 Å². The number of nitrogens with zero attached hydrogens (tertiary/aromatic N) is 2. The Hall–Kier alpha value is -3.26. The van der Waals surface area contributed by atoms with Gasteiger partial charge >= 0.3 is 0 Å². The number of para-hydroxylation sites is 2. The van der Waals surface area contributed by atoms with Crippen molar-refractivity contribution in [1.82, 2.24) is 4.90 Å². The lowest BCUT2D eigenvalue weighted by atomic mass is 10.1.